The molecule has 1 N–H and O–H groups in total. The number of benzene rings is 1. The van der Waals surface area contributed by atoms with Gasteiger partial charge in [-0.25, -0.2) is 4.98 Å². The van der Waals surface area contributed by atoms with Gasteiger partial charge in [-0.1, -0.05) is 11.6 Å². The van der Waals surface area contributed by atoms with Gasteiger partial charge in [-0.05, 0) is 50.1 Å². The number of aromatic amines is 1. The van der Waals surface area contributed by atoms with Crippen LogP contribution in [0, 0.1) is 6.92 Å². The Bertz CT molecular complexity index is 1110. The van der Waals surface area contributed by atoms with Gasteiger partial charge in [-0.15, -0.1) is 10.2 Å². The summed E-state index contributed by atoms with van der Waals surface area (Å²) < 4.78 is 6.84. The number of rotatable bonds is 3. The van der Waals surface area contributed by atoms with E-state index >= 15 is 0 Å². The summed E-state index contributed by atoms with van der Waals surface area (Å²) in [6, 6.07) is 12.0. The van der Waals surface area contributed by atoms with E-state index in [1.54, 1.807) is 0 Å². The summed E-state index contributed by atoms with van der Waals surface area (Å²) in [7, 11) is 0. The lowest BCUT2D eigenvalue weighted by Crippen LogP contribution is -2.34. The maximum Gasteiger partial charge on any atom is 0.288 e. The van der Waals surface area contributed by atoms with E-state index in [-0.39, 0.29) is 0 Å². The monoisotopic (exact) mass is 411 g/mol. The fourth-order valence-electron chi connectivity index (χ4n) is 3.94. The minimum absolute atomic E-state index is 0.379. The molecule has 0 saturated carbocycles. The summed E-state index contributed by atoms with van der Waals surface area (Å²) in [6.07, 6.45) is 4.00. The lowest BCUT2D eigenvalue weighted by Gasteiger charge is -2.31. The van der Waals surface area contributed by atoms with E-state index in [9.17, 15) is 0 Å². The van der Waals surface area contributed by atoms with Gasteiger partial charge in [-0.2, -0.15) is 4.37 Å². The molecule has 0 aliphatic carbocycles. The Morgan fingerprint density at radius 2 is 1.89 bits per heavy atom. The van der Waals surface area contributed by atoms with Crippen LogP contribution in [0.3, 0.4) is 0 Å². The number of anilines is 1. The molecule has 4 aromatic rings. The average Bonchev–Trinajstić information content (AvgIpc) is 3.33. The highest BCUT2D eigenvalue weighted by Crippen LogP contribution is 2.34. The van der Waals surface area contributed by atoms with Crippen molar-refractivity contribution >= 4 is 39.2 Å². The molecule has 1 fully saturated rings. The van der Waals surface area contributed by atoms with E-state index in [0.717, 1.165) is 58.9 Å². The van der Waals surface area contributed by atoms with E-state index in [0.29, 0.717) is 5.92 Å². The highest BCUT2D eigenvalue weighted by atomic mass is 35.5. The maximum absolute atomic E-state index is 6.05. The molecule has 0 radical (unpaired) electrons. The lowest BCUT2D eigenvalue weighted by molar-refractivity contribution is -0.341. The fourth-order valence-corrected chi connectivity index (χ4v) is 4.84. The highest BCUT2D eigenvalue weighted by molar-refractivity contribution is 7.12. The van der Waals surface area contributed by atoms with E-state index < -0.39 is 0 Å². The van der Waals surface area contributed by atoms with Crippen molar-refractivity contribution in [2.45, 2.75) is 25.7 Å². The van der Waals surface area contributed by atoms with Crippen molar-refractivity contribution in [3.8, 4) is 5.69 Å². The molecule has 4 heterocycles. The van der Waals surface area contributed by atoms with Crippen molar-refractivity contribution < 1.29 is 4.98 Å². The Kier molecular flexibility index (Phi) is 4.49. The minimum Gasteiger partial charge on any atom is -0.355 e. The molecule has 28 heavy (non-hydrogen) atoms. The van der Waals surface area contributed by atoms with Crippen LogP contribution in [0.25, 0.3) is 15.9 Å². The third-order valence-electron chi connectivity index (χ3n) is 5.38. The molecule has 142 valence electrons. The minimum atomic E-state index is 0.379. The van der Waals surface area contributed by atoms with E-state index in [1.165, 1.54) is 16.9 Å². The number of hydrogen-bond donors (Lipinski definition) is 0. The van der Waals surface area contributed by atoms with Gasteiger partial charge in [0.1, 0.15) is 17.0 Å². The third-order valence-corrected chi connectivity index (χ3v) is 6.41. The van der Waals surface area contributed by atoms with Gasteiger partial charge < -0.3 is 4.90 Å². The number of piperidine rings is 1. The van der Waals surface area contributed by atoms with Gasteiger partial charge in [0.05, 0.1) is 0 Å². The van der Waals surface area contributed by atoms with Gasteiger partial charge in [-0.3, -0.25) is 4.57 Å². The maximum atomic E-state index is 6.05. The Balaban J connectivity index is 1.38. The van der Waals surface area contributed by atoms with Crippen molar-refractivity contribution in [2.75, 3.05) is 18.0 Å². The standard InChI is InChI=1S/C20H19ClN6S/c1-13-23-24-18(27(13)16-6-4-15(21)5-7-16)14-8-11-26(12-9-14)19-17-3-2-10-22-20(17)28-25-19/h2-7,10,14H,8-9,11-12H2,1H3/p+1. The molecule has 1 aromatic carbocycles. The first-order chi connectivity index (χ1) is 13.7. The second-order valence-electron chi connectivity index (χ2n) is 7.10. The molecule has 1 aliphatic rings. The fraction of sp³-hybridized carbons (Fsp3) is 0.300. The number of hydrogen-bond acceptors (Lipinski definition) is 5. The predicted octanol–water partition coefficient (Wildman–Crippen LogP) is 4.04. The molecule has 5 rings (SSSR count). The first-order valence-corrected chi connectivity index (χ1v) is 10.5. The molecular weight excluding hydrogens is 392 g/mol. The summed E-state index contributed by atoms with van der Waals surface area (Å²) >= 11 is 7.58. The van der Waals surface area contributed by atoms with Crippen LogP contribution in [0.1, 0.15) is 30.4 Å². The molecule has 0 spiro atoms. The van der Waals surface area contributed by atoms with E-state index in [4.69, 9.17) is 11.6 Å². The van der Waals surface area contributed by atoms with Crippen molar-refractivity contribution in [3.05, 3.63) is 59.3 Å². The average molecular weight is 412 g/mol. The normalized spacial score (nSPS) is 15.4. The number of nitrogens with zero attached hydrogens (tertiary/aromatic N) is 5. The number of aromatic nitrogens is 5. The zero-order chi connectivity index (χ0) is 19.1. The van der Waals surface area contributed by atoms with E-state index in [1.807, 2.05) is 43.5 Å². The summed E-state index contributed by atoms with van der Waals surface area (Å²) in [5.41, 5.74) is 1.06. The van der Waals surface area contributed by atoms with E-state index in [2.05, 4.69) is 35.1 Å². The molecule has 3 aromatic heterocycles. The second kappa shape index (κ2) is 7.14. The van der Waals surface area contributed by atoms with Crippen molar-refractivity contribution in [3.63, 3.8) is 0 Å². The lowest BCUT2D eigenvalue weighted by atomic mass is 9.95. The van der Waals surface area contributed by atoms with Gasteiger partial charge in [0, 0.05) is 47.3 Å². The number of H-pyrrole nitrogens is 1. The largest absolute Gasteiger partial charge is 0.355 e. The smallest absolute Gasteiger partial charge is 0.288 e. The van der Waals surface area contributed by atoms with Crippen molar-refractivity contribution in [1.29, 1.82) is 0 Å². The first kappa shape index (κ1) is 17.6. The number of aryl methyl sites for hydroxylation is 1. The Labute approximate surface area is 172 Å². The van der Waals surface area contributed by atoms with Crippen LogP contribution in [0.15, 0.2) is 42.6 Å². The molecule has 0 unspecified atom stereocenters. The number of nitrogens with one attached hydrogen (secondary N) is 1. The van der Waals surface area contributed by atoms with Crippen molar-refractivity contribution in [2.24, 2.45) is 0 Å². The zero-order valence-electron chi connectivity index (χ0n) is 15.5. The van der Waals surface area contributed by atoms with Crippen LogP contribution < -0.4 is 9.88 Å². The van der Waals surface area contributed by atoms with Gasteiger partial charge in [0.25, 0.3) is 4.83 Å². The van der Waals surface area contributed by atoms with Gasteiger partial charge in [0.15, 0.2) is 12.0 Å². The quantitative estimate of drug-likeness (QED) is 0.510. The van der Waals surface area contributed by atoms with Gasteiger partial charge in [0.2, 0.25) is 0 Å². The first-order valence-electron chi connectivity index (χ1n) is 9.39. The molecule has 0 amide bonds. The van der Waals surface area contributed by atoms with Crippen LogP contribution in [-0.4, -0.2) is 32.2 Å². The molecular formula is C20H20ClN6S+. The summed E-state index contributed by atoms with van der Waals surface area (Å²) in [6.45, 7) is 3.92. The van der Waals surface area contributed by atoms with Gasteiger partial charge >= 0.3 is 0 Å². The zero-order valence-corrected chi connectivity index (χ0v) is 17.0. The Morgan fingerprint density at radius 3 is 2.68 bits per heavy atom. The highest BCUT2D eigenvalue weighted by Gasteiger charge is 2.28. The number of halogens is 1. The second-order valence-corrected chi connectivity index (χ2v) is 8.31. The number of pyridine rings is 1. The molecule has 1 saturated heterocycles. The molecule has 0 bridgehead atoms. The number of fused-ring (bicyclic) bond motifs is 1. The third kappa shape index (κ3) is 3.04. The van der Waals surface area contributed by atoms with Crippen molar-refractivity contribution in [1.82, 2.24) is 19.1 Å². The summed E-state index contributed by atoms with van der Waals surface area (Å²) in [5.74, 6) is 3.41. The Morgan fingerprint density at radius 1 is 1.11 bits per heavy atom. The SMILES string of the molecule is Cc1nnc(C2CCN(c3nsc4[nH+]cccc34)CC2)n1-c1ccc(Cl)cc1. The predicted molar refractivity (Wildman–Crippen MR) is 111 cm³/mol. The summed E-state index contributed by atoms with van der Waals surface area (Å²) in [4.78, 5) is 6.79. The topological polar surface area (TPSA) is 61.0 Å². The Hall–Kier alpha value is -2.51. The molecule has 8 heteroatoms. The molecule has 0 atom stereocenters. The van der Waals surface area contributed by atoms with Crippen LogP contribution in [0.2, 0.25) is 5.02 Å². The summed E-state index contributed by atoms with van der Waals surface area (Å²) in [5, 5.41) is 10.8. The van der Waals surface area contributed by atoms with Crippen LogP contribution in [0.5, 0.6) is 0 Å². The van der Waals surface area contributed by atoms with Crippen LogP contribution in [-0.2, 0) is 0 Å². The van der Waals surface area contributed by atoms with Crippen LogP contribution >= 0.6 is 23.1 Å². The molecule has 1 aliphatic heterocycles. The molecule has 6 nitrogen and oxygen atoms in total. The van der Waals surface area contributed by atoms with Crippen LogP contribution in [0.4, 0.5) is 5.82 Å².